The van der Waals surface area contributed by atoms with Crippen LogP contribution in [0.3, 0.4) is 0 Å². The number of nitrogens with two attached hydrogens (primary N) is 1. The average Bonchev–Trinajstić information content (AvgIpc) is 2.76. The molecule has 2 heterocycles. The maximum Gasteiger partial charge on any atom is 0.344 e. The van der Waals surface area contributed by atoms with Crippen molar-refractivity contribution in [2.75, 3.05) is 25.4 Å². The molecule has 0 bridgehead atoms. The number of ether oxygens (including phenoxy) is 1. The first-order valence-corrected chi connectivity index (χ1v) is 11.7. The molecule has 1 saturated heterocycles. The van der Waals surface area contributed by atoms with Crippen LogP contribution < -0.4 is 15.0 Å². The quantitative estimate of drug-likeness (QED) is 0.606. The molecule has 3 rings (SSSR count). The lowest BCUT2D eigenvalue weighted by atomic mass is 9.93. The van der Waals surface area contributed by atoms with Crippen LogP contribution in [0, 0.1) is 18.8 Å². The van der Waals surface area contributed by atoms with E-state index in [9.17, 15) is 14.7 Å². The highest BCUT2D eigenvalue weighted by molar-refractivity contribution is 6.05. The van der Waals surface area contributed by atoms with Gasteiger partial charge in [0.15, 0.2) is 5.69 Å². The number of aryl methyl sites for hydroxylation is 1. The third kappa shape index (κ3) is 4.81. The van der Waals surface area contributed by atoms with E-state index in [0.717, 1.165) is 44.3 Å². The molecule has 0 aliphatic carbocycles. The van der Waals surface area contributed by atoms with E-state index in [4.69, 9.17) is 10.5 Å². The third-order valence-corrected chi connectivity index (χ3v) is 6.47. The summed E-state index contributed by atoms with van der Waals surface area (Å²) in [6.45, 7) is 10.6. The number of aromatic nitrogens is 1. The van der Waals surface area contributed by atoms with Gasteiger partial charge in [0, 0.05) is 38.4 Å². The maximum absolute atomic E-state index is 12.2. The number of likely N-dealkylation sites (tertiary alicyclic amines) is 1. The van der Waals surface area contributed by atoms with Gasteiger partial charge in [0.1, 0.15) is 23.2 Å². The number of rotatable bonds is 8. The lowest BCUT2D eigenvalue weighted by Crippen LogP contribution is -2.40. The molecule has 7 nitrogen and oxygen atoms in total. The van der Waals surface area contributed by atoms with Crippen molar-refractivity contribution in [3.63, 3.8) is 0 Å². The molecule has 3 N–H and O–H groups in total. The average molecular weight is 443 g/mol. The number of fused-ring (bicyclic) bond motifs is 1. The topological polar surface area (TPSA) is 96.7 Å². The first kappa shape index (κ1) is 23.8. The number of nitrogen functional groups attached to an aromatic ring is 1. The van der Waals surface area contributed by atoms with Gasteiger partial charge in [-0.15, -0.1) is 0 Å². The number of aromatic carboxylic acids is 1. The van der Waals surface area contributed by atoms with Crippen molar-refractivity contribution >= 4 is 28.5 Å². The first-order valence-electron chi connectivity index (χ1n) is 11.7. The number of carboxylic acid groups (broad SMARTS) is 1. The van der Waals surface area contributed by atoms with Gasteiger partial charge in [-0.2, -0.15) is 4.57 Å². The molecule has 1 amide bonds. The van der Waals surface area contributed by atoms with Crippen LogP contribution >= 0.6 is 0 Å². The highest BCUT2D eigenvalue weighted by Crippen LogP contribution is 2.33. The van der Waals surface area contributed by atoms with Gasteiger partial charge in [0.05, 0.1) is 12.3 Å². The van der Waals surface area contributed by atoms with Gasteiger partial charge in [0.25, 0.3) is 0 Å². The smallest absolute Gasteiger partial charge is 0.344 e. The predicted molar refractivity (Wildman–Crippen MR) is 125 cm³/mol. The van der Waals surface area contributed by atoms with Crippen LogP contribution in [0.25, 0.3) is 10.9 Å². The van der Waals surface area contributed by atoms with E-state index in [1.165, 1.54) is 0 Å². The van der Waals surface area contributed by atoms with Crippen molar-refractivity contribution in [3.8, 4) is 5.75 Å². The van der Waals surface area contributed by atoms with E-state index in [2.05, 4.69) is 6.92 Å². The molecule has 1 aliphatic heterocycles. The second-order valence-electron chi connectivity index (χ2n) is 9.04. The Balaban J connectivity index is 1.76. The lowest BCUT2D eigenvalue weighted by molar-refractivity contribution is -0.677. The molecule has 1 fully saturated rings. The Kier molecular flexibility index (Phi) is 7.59. The van der Waals surface area contributed by atoms with Crippen molar-refractivity contribution in [1.29, 1.82) is 0 Å². The van der Waals surface area contributed by atoms with Crippen LogP contribution in [-0.2, 0) is 11.3 Å². The number of nitrogens with zero attached hydrogens (tertiary/aromatic N) is 2. The minimum absolute atomic E-state index is 0.0431. The van der Waals surface area contributed by atoms with Crippen molar-refractivity contribution < 1.29 is 24.0 Å². The van der Waals surface area contributed by atoms with Gasteiger partial charge >= 0.3 is 5.97 Å². The molecule has 0 unspecified atom stereocenters. The molecule has 0 spiro atoms. The number of carbonyl (C=O) groups excluding carboxylic acids is 1. The molecule has 174 valence electrons. The summed E-state index contributed by atoms with van der Waals surface area (Å²) in [4.78, 5) is 26.1. The first-order chi connectivity index (χ1) is 15.3. The molecular formula is C25H36N3O4+. The minimum Gasteiger partial charge on any atom is -0.493 e. The number of hydrogen-bond acceptors (Lipinski definition) is 4. The number of carbonyl (C=O) groups is 2. The summed E-state index contributed by atoms with van der Waals surface area (Å²) in [5.41, 5.74) is 8.31. The van der Waals surface area contributed by atoms with Crippen LogP contribution in [0.1, 0.15) is 62.5 Å². The number of pyridine rings is 1. The van der Waals surface area contributed by atoms with Crippen molar-refractivity contribution in [2.45, 2.75) is 59.9 Å². The zero-order valence-corrected chi connectivity index (χ0v) is 19.7. The Morgan fingerprint density at radius 3 is 2.56 bits per heavy atom. The summed E-state index contributed by atoms with van der Waals surface area (Å²) >= 11 is 0. The van der Waals surface area contributed by atoms with Crippen LogP contribution in [0.2, 0.25) is 0 Å². The van der Waals surface area contributed by atoms with Gasteiger partial charge in [-0.3, -0.25) is 4.79 Å². The highest BCUT2D eigenvalue weighted by atomic mass is 16.5. The highest BCUT2D eigenvalue weighted by Gasteiger charge is 2.28. The Morgan fingerprint density at radius 2 is 1.97 bits per heavy atom. The number of carboxylic acids is 1. The summed E-state index contributed by atoms with van der Waals surface area (Å²) in [5.74, 6) is 0.391. The van der Waals surface area contributed by atoms with Crippen LogP contribution in [0.4, 0.5) is 5.69 Å². The molecular weight excluding hydrogens is 406 g/mol. The third-order valence-electron chi connectivity index (χ3n) is 6.47. The van der Waals surface area contributed by atoms with Gasteiger partial charge in [-0.25, -0.2) is 4.79 Å². The predicted octanol–water partition coefficient (Wildman–Crippen LogP) is 3.79. The SMILES string of the molecule is CCC[n+]1c(C)c(C(=O)O)c(N)c2c(OCCC3CCN(C(=O)C(C)C)CC3)cccc21. The number of anilines is 1. The Labute approximate surface area is 190 Å². The monoisotopic (exact) mass is 442 g/mol. The number of amides is 1. The number of piperidine rings is 1. The minimum atomic E-state index is -1.02. The fraction of sp³-hybridized carbons (Fsp3) is 0.560. The fourth-order valence-corrected chi connectivity index (χ4v) is 4.70. The summed E-state index contributed by atoms with van der Waals surface area (Å²) in [5, 5.41) is 10.4. The zero-order valence-electron chi connectivity index (χ0n) is 19.7. The van der Waals surface area contributed by atoms with Crippen LogP contribution in [0.5, 0.6) is 5.75 Å². The Hall–Kier alpha value is -2.83. The molecule has 2 aromatic rings. The molecule has 0 saturated carbocycles. The van der Waals surface area contributed by atoms with Gasteiger partial charge in [-0.1, -0.05) is 26.8 Å². The van der Waals surface area contributed by atoms with E-state index in [1.54, 1.807) is 6.92 Å². The molecule has 1 aromatic carbocycles. The van der Waals surface area contributed by atoms with Gasteiger partial charge in [-0.05, 0) is 31.2 Å². The molecule has 1 aliphatic rings. The summed E-state index contributed by atoms with van der Waals surface area (Å²) in [6, 6.07) is 5.76. The largest absolute Gasteiger partial charge is 0.493 e. The van der Waals surface area contributed by atoms with Crippen LogP contribution in [0.15, 0.2) is 18.2 Å². The number of hydrogen-bond donors (Lipinski definition) is 2. The second kappa shape index (κ2) is 10.2. The van der Waals surface area contributed by atoms with E-state index >= 15 is 0 Å². The van der Waals surface area contributed by atoms with Gasteiger partial charge in [0.2, 0.25) is 11.4 Å². The normalized spacial score (nSPS) is 14.8. The van der Waals surface area contributed by atoms with E-state index in [0.29, 0.717) is 35.9 Å². The molecule has 0 atom stereocenters. The van der Waals surface area contributed by atoms with Crippen molar-refractivity contribution in [3.05, 3.63) is 29.5 Å². The van der Waals surface area contributed by atoms with Crippen molar-refractivity contribution in [2.24, 2.45) is 11.8 Å². The molecule has 32 heavy (non-hydrogen) atoms. The zero-order chi connectivity index (χ0) is 23.4. The molecule has 0 radical (unpaired) electrons. The summed E-state index contributed by atoms with van der Waals surface area (Å²) in [6.07, 6.45) is 3.75. The summed E-state index contributed by atoms with van der Waals surface area (Å²) < 4.78 is 8.17. The summed E-state index contributed by atoms with van der Waals surface area (Å²) in [7, 11) is 0. The van der Waals surface area contributed by atoms with Crippen LogP contribution in [-0.4, -0.2) is 41.6 Å². The molecule has 7 heteroatoms. The second-order valence-corrected chi connectivity index (χ2v) is 9.04. The fourth-order valence-electron chi connectivity index (χ4n) is 4.70. The lowest BCUT2D eigenvalue weighted by Gasteiger charge is -2.33. The van der Waals surface area contributed by atoms with E-state index in [-0.39, 0.29) is 23.1 Å². The van der Waals surface area contributed by atoms with Gasteiger partial charge < -0.3 is 20.5 Å². The number of benzene rings is 1. The Bertz CT molecular complexity index is 995. The van der Waals surface area contributed by atoms with E-state index < -0.39 is 5.97 Å². The maximum atomic E-state index is 12.2. The standard InChI is InChI=1S/C25H35N3O4/c1-5-12-28-17(4)21(25(30)31)23(26)22-19(28)7-6-8-20(22)32-15-11-18-9-13-27(14-10-18)24(29)16(2)3/h6-8,16,18,26H,5,9-15H2,1-4H3,(H,30,31)/p+1. The Morgan fingerprint density at radius 1 is 1.28 bits per heavy atom. The molecule has 1 aromatic heterocycles. The van der Waals surface area contributed by atoms with E-state index in [1.807, 2.05) is 41.5 Å². The van der Waals surface area contributed by atoms with Crippen molar-refractivity contribution in [1.82, 2.24) is 4.90 Å².